The molecule has 0 aliphatic heterocycles. The predicted octanol–water partition coefficient (Wildman–Crippen LogP) is 1.01. The van der Waals surface area contributed by atoms with E-state index in [9.17, 15) is 4.79 Å². The summed E-state index contributed by atoms with van der Waals surface area (Å²) in [6.45, 7) is 3.76. The Balaban J connectivity index is 4.05. The lowest BCUT2D eigenvalue weighted by molar-refractivity contribution is -0.108. The van der Waals surface area contributed by atoms with Gasteiger partial charge in [-0.1, -0.05) is 0 Å². The van der Waals surface area contributed by atoms with Crippen molar-refractivity contribution in [1.29, 1.82) is 0 Å². The van der Waals surface area contributed by atoms with Gasteiger partial charge >= 0.3 is 0 Å². The minimum absolute atomic E-state index is 0.0476. The van der Waals surface area contributed by atoms with Crippen LogP contribution in [0, 0.1) is 0 Å². The molecule has 0 rings (SSSR count). The lowest BCUT2D eigenvalue weighted by atomic mass is 10.4. The molecule has 0 amide bonds. The van der Waals surface area contributed by atoms with Gasteiger partial charge in [0.2, 0.25) is 0 Å². The van der Waals surface area contributed by atoms with Crippen molar-refractivity contribution in [3.63, 3.8) is 0 Å². The Hall–Kier alpha value is -0.990. The van der Waals surface area contributed by atoms with E-state index in [4.69, 9.17) is 4.74 Å². The Morgan fingerprint density at radius 3 is 2.27 bits per heavy atom. The van der Waals surface area contributed by atoms with Crippen LogP contribution in [0.5, 0.6) is 0 Å². The highest BCUT2D eigenvalue weighted by atomic mass is 16.5. The maximum Gasteiger partial charge on any atom is 0.186 e. The molecular formula is C8H15NO2. The van der Waals surface area contributed by atoms with Gasteiger partial charge in [-0.15, -0.1) is 0 Å². The highest BCUT2D eigenvalue weighted by Gasteiger charge is 1.98. The van der Waals surface area contributed by atoms with E-state index >= 15 is 0 Å². The number of carbonyl (C=O) groups is 1. The van der Waals surface area contributed by atoms with E-state index in [-0.39, 0.29) is 6.10 Å². The molecule has 0 aromatic rings. The van der Waals surface area contributed by atoms with E-state index in [1.807, 2.05) is 27.9 Å². The van der Waals surface area contributed by atoms with E-state index < -0.39 is 0 Å². The van der Waals surface area contributed by atoms with Gasteiger partial charge in [0.05, 0.1) is 6.10 Å². The van der Waals surface area contributed by atoms with Crippen LogP contribution in [-0.4, -0.2) is 31.4 Å². The molecule has 0 bridgehead atoms. The summed E-state index contributed by atoms with van der Waals surface area (Å²) in [5.41, 5.74) is 0. The van der Waals surface area contributed by atoms with Gasteiger partial charge < -0.3 is 9.64 Å². The van der Waals surface area contributed by atoms with Crippen LogP contribution in [0.4, 0.5) is 0 Å². The minimum Gasteiger partial charge on any atom is -0.486 e. The summed E-state index contributed by atoms with van der Waals surface area (Å²) in [5.74, 6) is 0.366. The highest BCUT2D eigenvalue weighted by molar-refractivity contribution is 5.69. The number of hydrogen-bond donors (Lipinski definition) is 0. The molecule has 0 N–H and O–H groups in total. The van der Waals surface area contributed by atoms with Gasteiger partial charge in [-0.3, -0.25) is 4.79 Å². The number of rotatable bonds is 4. The minimum atomic E-state index is 0.0476. The van der Waals surface area contributed by atoms with Crippen LogP contribution in [0.2, 0.25) is 0 Å². The summed E-state index contributed by atoms with van der Waals surface area (Å²) in [6, 6.07) is 0. The van der Waals surface area contributed by atoms with E-state index in [1.54, 1.807) is 11.1 Å². The first-order valence-corrected chi connectivity index (χ1v) is 3.56. The smallest absolute Gasteiger partial charge is 0.186 e. The number of aldehydes is 1. The molecule has 0 atom stereocenters. The SMILES string of the molecule is CC(C)O/C(C=O)=C\N(C)C. The molecule has 0 aliphatic rings. The van der Waals surface area contributed by atoms with Gasteiger partial charge in [-0.25, -0.2) is 0 Å². The highest BCUT2D eigenvalue weighted by Crippen LogP contribution is 1.99. The quantitative estimate of drug-likeness (QED) is 0.346. The molecule has 0 aliphatic carbocycles. The first kappa shape index (κ1) is 10.0. The maximum atomic E-state index is 10.4. The number of nitrogens with zero attached hydrogens (tertiary/aromatic N) is 1. The fraction of sp³-hybridized carbons (Fsp3) is 0.625. The largest absolute Gasteiger partial charge is 0.486 e. The summed E-state index contributed by atoms with van der Waals surface area (Å²) >= 11 is 0. The molecule has 0 spiro atoms. The maximum absolute atomic E-state index is 10.4. The van der Waals surface area contributed by atoms with Crippen LogP contribution < -0.4 is 0 Å². The van der Waals surface area contributed by atoms with Gasteiger partial charge in [0.25, 0.3) is 0 Å². The molecule has 3 nitrogen and oxygen atoms in total. The molecule has 3 heteroatoms. The summed E-state index contributed by atoms with van der Waals surface area (Å²) in [4.78, 5) is 12.1. The summed E-state index contributed by atoms with van der Waals surface area (Å²) < 4.78 is 5.16. The van der Waals surface area contributed by atoms with Crippen molar-refractivity contribution >= 4 is 6.29 Å². The molecule has 0 heterocycles. The average Bonchev–Trinajstić information content (AvgIpc) is 1.84. The number of ether oxygens (including phenoxy) is 1. The molecule has 11 heavy (non-hydrogen) atoms. The lowest BCUT2D eigenvalue weighted by Gasteiger charge is -2.11. The zero-order valence-electron chi connectivity index (χ0n) is 7.50. The second kappa shape index (κ2) is 4.77. The third kappa shape index (κ3) is 5.45. The average molecular weight is 157 g/mol. The number of carbonyl (C=O) groups excluding carboxylic acids is 1. The van der Waals surface area contributed by atoms with Crippen LogP contribution in [0.25, 0.3) is 0 Å². The summed E-state index contributed by atoms with van der Waals surface area (Å²) in [7, 11) is 3.68. The number of allylic oxidation sites excluding steroid dienone is 1. The van der Waals surface area contributed by atoms with Gasteiger partial charge in [0.15, 0.2) is 12.0 Å². The van der Waals surface area contributed by atoms with E-state index in [2.05, 4.69) is 0 Å². The molecule has 0 aromatic heterocycles. The topological polar surface area (TPSA) is 29.5 Å². The van der Waals surface area contributed by atoms with Gasteiger partial charge in [-0.2, -0.15) is 0 Å². The van der Waals surface area contributed by atoms with Crippen molar-refractivity contribution < 1.29 is 9.53 Å². The van der Waals surface area contributed by atoms with E-state index in [0.717, 1.165) is 0 Å². The molecule has 64 valence electrons. The third-order valence-corrected chi connectivity index (χ3v) is 0.873. The van der Waals surface area contributed by atoms with Crippen LogP contribution in [0.1, 0.15) is 13.8 Å². The first-order valence-electron chi connectivity index (χ1n) is 3.56. The monoisotopic (exact) mass is 157 g/mol. The standard InChI is InChI=1S/C8H15NO2/c1-7(2)11-8(6-10)5-9(3)4/h5-7H,1-4H3/b8-5-. The van der Waals surface area contributed by atoms with Crippen LogP contribution in [0.3, 0.4) is 0 Å². The van der Waals surface area contributed by atoms with Crippen molar-refractivity contribution in [1.82, 2.24) is 4.90 Å². The Kier molecular flexibility index (Phi) is 4.34. The van der Waals surface area contributed by atoms with Crippen molar-refractivity contribution in [2.45, 2.75) is 20.0 Å². The molecule has 0 saturated carbocycles. The molecule has 0 saturated heterocycles. The van der Waals surface area contributed by atoms with Crippen LogP contribution in [-0.2, 0) is 9.53 Å². The lowest BCUT2D eigenvalue weighted by Crippen LogP contribution is -2.09. The zero-order valence-corrected chi connectivity index (χ0v) is 7.50. The van der Waals surface area contributed by atoms with Gasteiger partial charge in [0.1, 0.15) is 0 Å². The summed E-state index contributed by atoms with van der Waals surface area (Å²) in [5, 5.41) is 0. The van der Waals surface area contributed by atoms with Crippen molar-refractivity contribution in [2.24, 2.45) is 0 Å². The molecule has 0 fully saturated rings. The van der Waals surface area contributed by atoms with Crippen molar-refractivity contribution in [3.8, 4) is 0 Å². The molecule has 0 unspecified atom stereocenters. The molecule has 0 aromatic carbocycles. The Morgan fingerprint density at radius 2 is 2.00 bits per heavy atom. The fourth-order valence-electron chi connectivity index (χ4n) is 0.615. The van der Waals surface area contributed by atoms with Crippen LogP contribution >= 0.6 is 0 Å². The summed E-state index contributed by atoms with van der Waals surface area (Å²) in [6.07, 6.45) is 2.40. The normalized spacial score (nSPS) is 11.5. The van der Waals surface area contributed by atoms with Crippen molar-refractivity contribution in [2.75, 3.05) is 14.1 Å². The predicted molar refractivity (Wildman–Crippen MR) is 44.1 cm³/mol. The Bertz CT molecular complexity index is 150. The number of hydrogen-bond acceptors (Lipinski definition) is 3. The second-order valence-electron chi connectivity index (χ2n) is 2.78. The van der Waals surface area contributed by atoms with Gasteiger partial charge in [0, 0.05) is 20.3 Å². The second-order valence-corrected chi connectivity index (χ2v) is 2.78. The Morgan fingerprint density at radius 1 is 1.45 bits per heavy atom. The third-order valence-electron chi connectivity index (χ3n) is 0.873. The van der Waals surface area contributed by atoms with Crippen molar-refractivity contribution in [3.05, 3.63) is 12.0 Å². The van der Waals surface area contributed by atoms with Crippen LogP contribution in [0.15, 0.2) is 12.0 Å². The van der Waals surface area contributed by atoms with E-state index in [0.29, 0.717) is 12.0 Å². The molecule has 0 radical (unpaired) electrons. The van der Waals surface area contributed by atoms with E-state index in [1.165, 1.54) is 0 Å². The molecular weight excluding hydrogens is 142 g/mol. The first-order chi connectivity index (χ1) is 5.06. The van der Waals surface area contributed by atoms with Gasteiger partial charge in [-0.05, 0) is 13.8 Å². The fourth-order valence-corrected chi connectivity index (χ4v) is 0.615. The Labute approximate surface area is 67.6 Å². The zero-order chi connectivity index (χ0) is 8.85.